The number of hydrogen-bond donors (Lipinski definition) is 2. The quantitative estimate of drug-likeness (QED) is 0.898. The largest absolute Gasteiger partial charge is 0.315 e. The average molecular weight is 338 g/mol. The summed E-state index contributed by atoms with van der Waals surface area (Å²) in [6.07, 6.45) is 3.19. The number of thiazole rings is 1. The second-order valence-electron chi connectivity index (χ2n) is 5.40. The zero-order valence-electron chi connectivity index (χ0n) is 12.3. The van der Waals surface area contributed by atoms with E-state index in [0.717, 1.165) is 36.2 Å². The lowest BCUT2D eigenvalue weighted by Gasteiger charge is -2.26. The second-order valence-corrected chi connectivity index (χ2v) is 8.29. The van der Waals surface area contributed by atoms with E-state index in [1.807, 2.05) is 31.2 Å². The Kier molecular flexibility index (Phi) is 4.20. The maximum absolute atomic E-state index is 12.6. The molecule has 7 heteroatoms. The molecule has 0 aliphatic heterocycles. The van der Waals surface area contributed by atoms with Crippen LogP contribution in [-0.4, -0.2) is 13.4 Å². The molecule has 0 fully saturated rings. The minimum atomic E-state index is -3.69. The number of aryl methyl sites for hydroxylation is 2. The maximum atomic E-state index is 12.6. The molecule has 1 heterocycles. The number of H-pyrrole nitrogens is 1. The Bertz CT molecular complexity index is 836. The van der Waals surface area contributed by atoms with E-state index >= 15 is 0 Å². The molecule has 1 unspecified atom stereocenters. The smallest absolute Gasteiger partial charge is 0.306 e. The number of rotatable bonds is 4. The van der Waals surface area contributed by atoms with Gasteiger partial charge in [-0.1, -0.05) is 42.5 Å². The van der Waals surface area contributed by atoms with Crippen LogP contribution in [0.15, 0.2) is 33.3 Å². The van der Waals surface area contributed by atoms with Gasteiger partial charge in [0, 0.05) is 11.7 Å². The first-order valence-electron chi connectivity index (χ1n) is 7.33. The molecule has 5 nitrogen and oxygen atoms in total. The van der Waals surface area contributed by atoms with E-state index in [1.54, 1.807) is 0 Å². The molecule has 0 bridgehead atoms. The molecule has 0 saturated heterocycles. The van der Waals surface area contributed by atoms with Crippen LogP contribution in [0.1, 0.15) is 42.6 Å². The van der Waals surface area contributed by atoms with Gasteiger partial charge in [-0.2, -0.15) is 0 Å². The van der Waals surface area contributed by atoms with E-state index in [4.69, 9.17) is 0 Å². The third-order valence-electron chi connectivity index (χ3n) is 3.95. The first-order valence-corrected chi connectivity index (χ1v) is 9.63. The van der Waals surface area contributed by atoms with Crippen LogP contribution in [0.4, 0.5) is 0 Å². The van der Waals surface area contributed by atoms with Gasteiger partial charge in [0.2, 0.25) is 0 Å². The summed E-state index contributed by atoms with van der Waals surface area (Å²) in [5.41, 5.74) is 2.71. The van der Waals surface area contributed by atoms with Crippen molar-refractivity contribution in [3.63, 3.8) is 0 Å². The Morgan fingerprint density at radius 1 is 1.36 bits per heavy atom. The minimum Gasteiger partial charge on any atom is -0.315 e. The van der Waals surface area contributed by atoms with Gasteiger partial charge in [-0.15, -0.1) is 0 Å². The Morgan fingerprint density at radius 2 is 2.14 bits per heavy atom. The van der Waals surface area contributed by atoms with Gasteiger partial charge in [-0.25, -0.2) is 13.1 Å². The van der Waals surface area contributed by atoms with Crippen LogP contribution in [0.5, 0.6) is 0 Å². The topological polar surface area (TPSA) is 79.0 Å². The summed E-state index contributed by atoms with van der Waals surface area (Å²) in [5, 5.41) is 0. The molecular weight excluding hydrogens is 320 g/mol. The standard InChI is InChI=1S/C15H18N2O3S2/c1-2-12-14(21-15(18)16-12)22(19,20)17-13-9-5-7-10-6-3-4-8-11(10)13/h3-4,6,8,13,17H,2,5,7,9H2,1H3,(H,16,18). The van der Waals surface area contributed by atoms with Gasteiger partial charge in [0.05, 0.1) is 0 Å². The molecule has 0 spiro atoms. The number of fused-ring (bicyclic) bond motifs is 1. The fourth-order valence-corrected chi connectivity index (χ4v) is 5.63. The highest BCUT2D eigenvalue weighted by Crippen LogP contribution is 2.31. The number of aromatic nitrogens is 1. The van der Waals surface area contributed by atoms with Crippen LogP contribution in [-0.2, 0) is 22.9 Å². The molecule has 1 aromatic heterocycles. The van der Waals surface area contributed by atoms with Crippen LogP contribution in [0.2, 0.25) is 0 Å². The lowest BCUT2D eigenvalue weighted by atomic mass is 9.88. The minimum absolute atomic E-state index is 0.114. The van der Waals surface area contributed by atoms with Crippen molar-refractivity contribution in [1.82, 2.24) is 9.71 Å². The molecule has 2 aromatic rings. The van der Waals surface area contributed by atoms with Crippen molar-refractivity contribution < 1.29 is 8.42 Å². The number of nitrogens with one attached hydrogen (secondary N) is 2. The van der Waals surface area contributed by atoms with Gasteiger partial charge in [0.15, 0.2) is 4.21 Å². The highest BCUT2D eigenvalue weighted by atomic mass is 32.2. The van der Waals surface area contributed by atoms with Gasteiger partial charge in [-0.3, -0.25) is 4.79 Å². The lowest BCUT2D eigenvalue weighted by Crippen LogP contribution is -2.31. The van der Waals surface area contributed by atoms with Crippen molar-refractivity contribution in [3.8, 4) is 0 Å². The van der Waals surface area contributed by atoms with E-state index in [1.165, 1.54) is 5.56 Å². The average Bonchev–Trinajstić information content (AvgIpc) is 2.89. The predicted octanol–water partition coefficient (Wildman–Crippen LogP) is 2.35. The van der Waals surface area contributed by atoms with Crippen molar-refractivity contribution >= 4 is 21.4 Å². The fourth-order valence-electron chi connectivity index (χ4n) is 2.91. The van der Waals surface area contributed by atoms with Gasteiger partial charge in [0.25, 0.3) is 10.0 Å². The summed E-state index contributed by atoms with van der Waals surface area (Å²) in [4.78, 5) is 13.7. The summed E-state index contributed by atoms with van der Waals surface area (Å²) >= 11 is 0.754. The van der Waals surface area contributed by atoms with Crippen LogP contribution in [0, 0.1) is 0 Å². The fraction of sp³-hybridized carbons (Fsp3) is 0.400. The SMILES string of the molecule is CCc1[nH]c(=O)sc1S(=O)(=O)NC1CCCc2ccccc21. The zero-order chi connectivity index (χ0) is 15.7. The Hall–Kier alpha value is -1.44. The highest BCUT2D eigenvalue weighted by Gasteiger charge is 2.28. The van der Waals surface area contributed by atoms with Gasteiger partial charge >= 0.3 is 4.87 Å². The molecular formula is C15H18N2O3S2. The third kappa shape index (κ3) is 2.88. The summed E-state index contributed by atoms with van der Waals surface area (Å²) < 4.78 is 28.2. The van der Waals surface area contributed by atoms with Crippen LogP contribution < -0.4 is 9.60 Å². The predicted molar refractivity (Wildman–Crippen MR) is 86.8 cm³/mol. The molecule has 0 saturated carbocycles. The van der Waals surface area contributed by atoms with Crippen molar-refractivity contribution in [3.05, 3.63) is 50.8 Å². The first kappa shape index (κ1) is 15.5. The van der Waals surface area contributed by atoms with Crippen LogP contribution in [0.25, 0.3) is 0 Å². The molecule has 22 heavy (non-hydrogen) atoms. The van der Waals surface area contributed by atoms with E-state index in [0.29, 0.717) is 12.1 Å². The monoisotopic (exact) mass is 338 g/mol. The van der Waals surface area contributed by atoms with Gasteiger partial charge in [-0.05, 0) is 36.8 Å². The van der Waals surface area contributed by atoms with Gasteiger partial charge < -0.3 is 4.98 Å². The molecule has 1 atom stereocenters. The summed E-state index contributed by atoms with van der Waals surface area (Å²) in [7, 11) is -3.69. The Morgan fingerprint density at radius 3 is 2.91 bits per heavy atom. The van der Waals surface area contributed by atoms with Crippen LogP contribution >= 0.6 is 11.3 Å². The highest BCUT2D eigenvalue weighted by molar-refractivity contribution is 7.91. The Balaban J connectivity index is 1.94. The van der Waals surface area contributed by atoms with E-state index in [2.05, 4.69) is 9.71 Å². The third-order valence-corrected chi connectivity index (χ3v) is 6.91. The first-order chi connectivity index (χ1) is 10.5. The van der Waals surface area contributed by atoms with Crippen LogP contribution in [0.3, 0.4) is 0 Å². The second kappa shape index (κ2) is 5.98. The number of benzene rings is 1. The van der Waals surface area contributed by atoms with Crippen molar-refractivity contribution in [2.45, 2.75) is 42.9 Å². The molecule has 1 aliphatic rings. The number of aromatic amines is 1. The van der Waals surface area contributed by atoms with E-state index in [-0.39, 0.29) is 15.1 Å². The molecule has 2 N–H and O–H groups in total. The summed E-state index contributed by atoms with van der Waals surface area (Å²) in [5.74, 6) is 0. The van der Waals surface area contributed by atoms with Crippen molar-refractivity contribution in [1.29, 1.82) is 0 Å². The summed E-state index contributed by atoms with van der Waals surface area (Å²) in [6.45, 7) is 1.83. The number of hydrogen-bond acceptors (Lipinski definition) is 4. The Labute approximate surface area is 133 Å². The van der Waals surface area contributed by atoms with E-state index < -0.39 is 10.0 Å². The number of sulfonamides is 1. The van der Waals surface area contributed by atoms with E-state index in [9.17, 15) is 13.2 Å². The maximum Gasteiger partial charge on any atom is 0.306 e. The molecule has 1 aromatic carbocycles. The lowest BCUT2D eigenvalue weighted by molar-refractivity contribution is 0.508. The summed E-state index contributed by atoms with van der Waals surface area (Å²) in [6, 6.07) is 7.70. The molecule has 0 radical (unpaired) electrons. The molecule has 0 amide bonds. The molecule has 1 aliphatic carbocycles. The van der Waals surface area contributed by atoms with Crippen molar-refractivity contribution in [2.24, 2.45) is 0 Å². The van der Waals surface area contributed by atoms with Gasteiger partial charge in [0.1, 0.15) is 0 Å². The molecule has 3 rings (SSSR count). The molecule has 118 valence electrons. The van der Waals surface area contributed by atoms with Crippen molar-refractivity contribution in [2.75, 3.05) is 0 Å². The zero-order valence-corrected chi connectivity index (χ0v) is 13.9. The normalized spacial score (nSPS) is 18.1.